The van der Waals surface area contributed by atoms with E-state index < -0.39 is 0 Å². The number of benzene rings is 2. The second kappa shape index (κ2) is 8.88. The minimum absolute atomic E-state index is 0.112. The summed E-state index contributed by atoms with van der Waals surface area (Å²) < 4.78 is 5.50. The van der Waals surface area contributed by atoms with Crippen molar-refractivity contribution in [3.8, 4) is 5.75 Å². The van der Waals surface area contributed by atoms with Gasteiger partial charge in [0.25, 0.3) is 5.91 Å². The smallest absolute Gasteiger partial charge is 0.277 e. The summed E-state index contributed by atoms with van der Waals surface area (Å²) >= 11 is 11.8. The molecule has 0 saturated heterocycles. The first-order valence-corrected chi connectivity index (χ1v) is 8.62. The van der Waals surface area contributed by atoms with E-state index in [9.17, 15) is 4.79 Å². The van der Waals surface area contributed by atoms with Gasteiger partial charge in [0.2, 0.25) is 0 Å². The number of hydrazone groups is 1. The van der Waals surface area contributed by atoms with Crippen LogP contribution in [0.2, 0.25) is 10.0 Å². The maximum Gasteiger partial charge on any atom is 0.277 e. The van der Waals surface area contributed by atoms with Gasteiger partial charge in [0.15, 0.2) is 6.61 Å². The first kappa shape index (κ1) is 19.3. The summed E-state index contributed by atoms with van der Waals surface area (Å²) in [6.45, 7) is 6.20. The van der Waals surface area contributed by atoms with E-state index in [4.69, 9.17) is 27.9 Å². The predicted molar refractivity (Wildman–Crippen MR) is 103 cm³/mol. The molecule has 0 radical (unpaired) electrons. The Morgan fingerprint density at radius 2 is 1.96 bits per heavy atom. The van der Waals surface area contributed by atoms with E-state index in [-0.39, 0.29) is 12.5 Å². The topological polar surface area (TPSA) is 50.7 Å². The highest BCUT2D eigenvalue weighted by Gasteiger charge is 2.06. The van der Waals surface area contributed by atoms with E-state index in [1.807, 2.05) is 25.1 Å². The van der Waals surface area contributed by atoms with E-state index >= 15 is 0 Å². The molecule has 6 heteroatoms. The Morgan fingerprint density at radius 1 is 1.20 bits per heavy atom. The number of ether oxygens (including phenoxy) is 1. The third-order valence-electron chi connectivity index (χ3n) is 3.58. The monoisotopic (exact) mass is 378 g/mol. The molecule has 0 unspecified atom stereocenters. The zero-order valence-electron chi connectivity index (χ0n) is 14.3. The standard InChI is InChI=1S/C19H20Cl2N2O2/c1-12(2)16-6-5-15(8-13(16)3)25-11-19(24)23-22-10-14-4-7-17(20)18(21)9-14/h4-10,12H,11H2,1-3H3,(H,23,24)/b22-10+. The normalized spacial score (nSPS) is 11.1. The lowest BCUT2D eigenvalue weighted by Crippen LogP contribution is -2.24. The average molecular weight is 379 g/mol. The summed E-state index contributed by atoms with van der Waals surface area (Å²) in [7, 11) is 0. The Morgan fingerprint density at radius 3 is 2.60 bits per heavy atom. The fourth-order valence-electron chi connectivity index (χ4n) is 2.34. The molecular weight excluding hydrogens is 359 g/mol. The lowest BCUT2D eigenvalue weighted by molar-refractivity contribution is -0.123. The molecule has 0 atom stereocenters. The lowest BCUT2D eigenvalue weighted by atomic mass is 9.98. The van der Waals surface area contributed by atoms with Crippen LogP contribution in [0.4, 0.5) is 0 Å². The van der Waals surface area contributed by atoms with Gasteiger partial charge >= 0.3 is 0 Å². The SMILES string of the molecule is Cc1cc(OCC(=O)N/N=C/c2ccc(Cl)c(Cl)c2)ccc1C(C)C. The van der Waals surface area contributed by atoms with Gasteiger partial charge in [-0.15, -0.1) is 0 Å². The van der Waals surface area contributed by atoms with Crippen LogP contribution in [0.15, 0.2) is 41.5 Å². The summed E-state index contributed by atoms with van der Waals surface area (Å²) in [5.74, 6) is 0.764. The maximum atomic E-state index is 11.8. The molecule has 0 spiro atoms. The quantitative estimate of drug-likeness (QED) is 0.570. The van der Waals surface area contributed by atoms with Crippen LogP contribution < -0.4 is 10.2 Å². The number of hydrogen-bond acceptors (Lipinski definition) is 3. The minimum Gasteiger partial charge on any atom is -0.484 e. The molecule has 0 aliphatic rings. The number of nitrogens with one attached hydrogen (secondary N) is 1. The predicted octanol–water partition coefficient (Wildman–Crippen LogP) is 4.95. The van der Waals surface area contributed by atoms with E-state index in [1.165, 1.54) is 11.8 Å². The number of hydrogen-bond donors (Lipinski definition) is 1. The van der Waals surface area contributed by atoms with Crippen molar-refractivity contribution < 1.29 is 9.53 Å². The Kier molecular flexibility index (Phi) is 6.85. The van der Waals surface area contributed by atoms with Crippen LogP contribution in [0, 0.1) is 6.92 Å². The summed E-state index contributed by atoms with van der Waals surface area (Å²) in [5, 5.41) is 4.77. The molecule has 0 bridgehead atoms. The zero-order chi connectivity index (χ0) is 18.4. The van der Waals surface area contributed by atoms with Crippen molar-refractivity contribution >= 4 is 35.3 Å². The second-order valence-electron chi connectivity index (χ2n) is 5.93. The fourth-order valence-corrected chi connectivity index (χ4v) is 2.64. The van der Waals surface area contributed by atoms with E-state index in [0.717, 1.165) is 11.1 Å². The molecule has 1 amide bonds. The van der Waals surface area contributed by atoms with Gasteiger partial charge in [0, 0.05) is 0 Å². The summed E-state index contributed by atoms with van der Waals surface area (Å²) in [4.78, 5) is 11.8. The molecule has 0 aromatic heterocycles. The van der Waals surface area contributed by atoms with Gasteiger partial charge < -0.3 is 4.74 Å². The van der Waals surface area contributed by atoms with Crippen LogP contribution >= 0.6 is 23.2 Å². The molecule has 25 heavy (non-hydrogen) atoms. The molecule has 1 N–H and O–H groups in total. The average Bonchev–Trinajstić information content (AvgIpc) is 2.56. The van der Waals surface area contributed by atoms with E-state index in [2.05, 4.69) is 24.4 Å². The van der Waals surface area contributed by atoms with Gasteiger partial charge in [-0.2, -0.15) is 5.10 Å². The van der Waals surface area contributed by atoms with Crippen LogP contribution in [0.25, 0.3) is 0 Å². The van der Waals surface area contributed by atoms with E-state index in [0.29, 0.717) is 21.7 Å². The molecule has 2 aromatic rings. The van der Waals surface area contributed by atoms with E-state index in [1.54, 1.807) is 18.2 Å². The van der Waals surface area contributed by atoms with Gasteiger partial charge in [-0.05, 0) is 53.8 Å². The van der Waals surface area contributed by atoms with Crippen molar-refractivity contribution in [1.82, 2.24) is 5.43 Å². The Hall–Kier alpha value is -2.04. The molecule has 0 fully saturated rings. The van der Waals surface area contributed by atoms with Crippen molar-refractivity contribution in [2.24, 2.45) is 5.10 Å². The van der Waals surface area contributed by atoms with Crippen LogP contribution in [0.1, 0.15) is 36.5 Å². The van der Waals surface area contributed by atoms with Crippen molar-refractivity contribution in [2.75, 3.05) is 6.61 Å². The number of carbonyl (C=O) groups excluding carboxylic acids is 1. The number of halogens is 2. The lowest BCUT2D eigenvalue weighted by Gasteiger charge is -2.12. The Balaban J connectivity index is 1.85. The van der Waals surface area contributed by atoms with Gasteiger partial charge in [-0.1, -0.05) is 49.2 Å². The Bertz CT molecular complexity index is 789. The highest BCUT2D eigenvalue weighted by molar-refractivity contribution is 6.42. The highest BCUT2D eigenvalue weighted by atomic mass is 35.5. The molecule has 0 heterocycles. The number of rotatable bonds is 6. The summed E-state index contributed by atoms with van der Waals surface area (Å²) in [6, 6.07) is 10.9. The summed E-state index contributed by atoms with van der Waals surface area (Å²) in [6.07, 6.45) is 1.49. The van der Waals surface area contributed by atoms with Crippen LogP contribution in [0.5, 0.6) is 5.75 Å². The molecule has 0 saturated carbocycles. The van der Waals surface area contributed by atoms with Crippen LogP contribution in [0.3, 0.4) is 0 Å². The largest absolute Gasteiger partial charge is 0.484 e. The molecule has 4 nitrogen and oxygen atoms in total. The maximum absolute atomic E-state index is 11.8. The Labute approximate surface area is 157 Å². The third kappa shape index (κ3) is 5.76. The summed E-state index contributed by atoms with van der Waals surface area (Å²) in [5.41, 5.74) is 5.55. The van der Waals surface area contributed by atoms with Crippen molar-refractivity contribution in [1.29, 1.82) is 0 Å². The second-order valence-corrected chi connectivity index (χ2v) is 6.74. The van der Waals surface area contributed by atoms with Crippen molar-refractivity contribution in [2.45, 2.75) is 26.7 Å². The van der Waals surface area contributed by atoms with Gasteiger partial charge in [0.05, 0.1) is 16.3 Å². The molecule has 132 valence electrons. The molecular formula is C19H20Cl2N2O2. The fraction of sp³-hybridized carbons (Fsp3) is 0.263. The number of carbonyl (C=O) groups is 1. The van der Waals surface area contributed by atoms with Crippen LogP contribution in [-0.4, -0.2) is 18.7 Å². The first-order valence-electron chi connectivity index (χ1n) is 7.87. The molecule has 2 rings (SSSR count). The van der Waals surface area contributed by atoms with Crippen LogP contribution in [-0.2, 0) is 4.79 Å². The minimum atomic E-state index is -0.345. The molecule has 2 aromatic carbocycles. The first-order chi connectivity index (χ1) is 11.9. The number of amides is 1. The molecule has 0 aliphatic carbocycles. The van der Waals surface area contributed by atoms with Crippen molar-refractivity contribution in [3.63, 3.8) is 0 Å². The molecule has 0 aliphatic heterocycles. The number of aryl methyl sites for hydroxylation is 1. The van der Waals surface area contributed by atoms with Gasteiger partial charge in [0.1, 0.15) is 5.75 Å². The van der Waals surface area contributed by atoms with Gasteiger partial charge in [-0.3, -0.25) is 4.79 Å². The third-order valence-corrected chi connectivity index (χ3v) is 4.32. The highest BCUT2D eigenvalue weighted by Crippen LogP contribution is 2.23. The zero-order valence-corrected chi connectivity index (χ0v) is 15.9. The van der Waals surface area contributed by atoms with Gasteiger partial charge in [-0.25, -0.2) is 5.43 Å². The number of nitrogens with zero attached hydrogens (tertiary/aromatic N) is 1. The van der Waals surface area contributed by atoms with Crippen molar-refractivity contribution in [3.05, 3.63) is 63.1 Å².